The average molecular weight is 248 g/mol. The molecule has 0 spiro atoms. The highest BCUT2D eigenvalue weighted by Gasteiger charge is 2.01. The summed E-state index contributed by atoms with van der Waals surface area (Å²) in [5.74, 6) is 0. The zero-order valence-corrected chi connectivity index (χ0v) is 12.2. The van der Waals surface area contributed by atoms with Crippen LogP contribution in [0.1, 0.15) is 59.3 Å². The van der Waals surface area contributed by atoms with Gasteiger partial charge in [0.25, 0.3) is 0 Å². The molecule has 0 amide bonds. The Morgan fingerprint density at radius 3 is 1.75 bits per heavy atom. The van der Waals surface area contributed by atoms with Crippen molar-refractivity contribution in [1.29, 1.82) is 0 Å². The predicted octanol–water partition coefficient (Wildman–Crippen LogP) is 4.67. The molecule has 0 aromatic heterocycles. The van der Waals surface area contributed by atoms with Crippen molar-refractivity contribution in [3.63, 3.8) is 0 Å². The third-order valence-electron chi connectivity index (χ3n) is 2.76. The van der Waals surface area contributed by atoms with Gasteiger partial charge in [-0.05, 0) is 32.9 Å². The van der Waals surface area contributed by atoms with Gasteiger partial charge in [-0.2, -0.15) is 0 Å². The van der Waals surface area contributed by atoms with Crippen molar-refractivity contribution >= 4 is 12.4 Å². The van der Waals surface area contributed by atoms with Crippen LogP contribution in [-0.2, 0) is 0 Å². The minimum atomic E-state index is 0. The van der Waals surface area contributed by atoms with E-state index in [2.05, 4.69) is 37.8 Å². The van der Waals surface area contributed by atoms with Crippen LogP contribution in [0.5, 0.6) is 0 Å². The van der Waals surface area contributed by atoms with E-state index in [0.29, 0.717) is 0 Å². The number of nitrogens with zero attached hydrogens (tertiary/aromatic N) is 1. The minimum absolute atomic E-state index is 0. The van der Waals surface area contributed by atoms with Gasteiger partial charge in [0.2, 0.25) is 0 Å². The van der Waals surface area contributed by atoms with Gasteiger partial charge in [0.1, 0.15) is 0 Å². The summed E-state index contributed by atoms with van der Waals surface area (Å²) in [6.07, 6.45) is 12.6. The van der Waals surface area contributed by atoms with Gasteiger partial charge in [0.15, 0.2) is 0 Å². The molecular formula is C14H30ClN. The normalized spacial score (nSPS) is 11.0. The van der Waals surface area contributed by atoms with E-state index >= 15 is 0 Å². The number of hydrogen-bond donors (Lipinski definition) is 0. The summed E-state index contributed by atoms with van der Waals surface area (Å²) >= 11 is 0. The first-order chi connectivity index (χ1) is 7.35. The Bertz CT molecular complexity index is 136. The second-order valence-corrected chi connectivity index (χ2v) is 4.28. The zero-order valence-electron chi connectivity index (χ0n) is 11.4. The summed E-state index contributed by atoms with van der Waals surface area (Å²) < 4.78 is 0. The Morgan fingerprint density at radius 2 is 1.38 bits per heavy atom. The largest absolute Gasteiger partial charge is 0.300 e. The van der Waals surface area contributed by atoms with Crippen LogP contribution >= 0.6 is 12.4 Å². The summed E-state index contributed by atoms with van der Waals surface area (Å²) in [7, 11) is 0. The topological polar surface area (TPSA) is 3.24 Å². The fourth-order valence-corrected chi connectivity index (χ4v) is 1.72. The molecule has 0 unspecified atom stereocenters. The highest BCUT2D eigenvalue weighted by molar-refractivity contribution is 5.85. The maximum Gasteiger partial charge on any atom is 0.0163 e. The summed E-state index contributed by atoms with van der Waals surface area (Å²) in [4.78, 5) is 2.59. The van der Waals surface area contributed by atoms with Crippen LogP contribution in [0.15, 0.2) is 12.2 Å². The lowest BCUT2D eigenvalue weighted by Gasteiger charge is -2.20. The van der Waals surface area contributed by atoms with Crippen molar-refractivity contribution in [2.75, 3.05) is 19.6 Å². The first-order valence-electron chi connectivity index (χ1n) is 6.68. The van der Waals surface area contributed by atoms with Crippen LogP contribution in [-0.4, -0.2) is 24.5 Å². The van der Waals surface area contributed by atoms with Crippen LogP contribution in [0.3, 0.4) is 0 Å². The lowest BCUT2D eigenvalue weighted by molar-refractivity contribution is 0.288. The molecule has 0 N–H and O–H groups in total. The van der Waals surface area contributed by atoms with Crippen LogP contribution in [0.2, 0.25) is 0 Å². The van der Waals surface area contributed by atoms with Crippen molar-refractivity contribution in [1.82, 2.24) is 4.90 Å². The molecule has 1 nitrogen and oxygen atoms in total. The van der Waals surface area contributed by atoms with Crippen LogP contribution in [0, 0.1) is 0 Å². The maximum atomic E-state index is 2.59. The molecule has 0 rings (SSSR count). The van der Waals surface area contributed by atoms with Gasteiger partial charge in [-0.3, -0.25) is 4.90 Å². The molecule has 0 aliphatic carbocycles. The number of rotatable bonds is 10. The molecule has 0 saturated carbocycles. The average Bonchev–Trinajstić information content (AvgIpc) is 2.25. The van der Waals surface area contributed by atoms with Crippen LogP contribution in [0.25, 0.3) is 0 Å². The molecule has 98 valence electrons. The molecule has 0 fully saturated rings. The van der Waals surface area contributed by atoms with Crippen LogP contribution < -0.4 is 0 Å². The SMILES string of the molecule is CC=CCN(CCCCC)CCCCC.Cl. The summed E-state index contributed by atoms with van der Waals surface area (Å²) in [5, 5.41) is 0. The molecule has 0 aliphatic heterocycles. The summed E-state index contributed by atoms with van der Waals surface area (Å²) in [5.41, 5.74) is 0. The van der Waals surface area contributed by atoms with E-state index in [-0.39, 0.29) is 12.4 Å². The van der Waals surface area contributed by atoms with E-state index in [1.807, 2.05) is 0 Å². The Hall–Kier alpha value is -0.0100. The van der Waals surface area contributed by atoms with Crippen molar-refractivity contribution in [2.45, 2.75) is 59.3 Å². The first kappa shape index (κ1) is 18.4. The minimum Gasteiger partial charge on any atom is -0.300 e. The van der Waals surface area contributed by atoms with E-state index in [1.165, 1.54) is 51.6 Å². The van der Waals surface area contributed by atoms with Crippen molar-refractivity contribution in [3.8, 4) is 0 Å². The fourth-order valence-electron chi connectivity index (χ4n) is 1.72. The van der Waals surface area contributed by atoms with E-state index in [1.54, 1.807) is 0 Å². The van der Waals surface area contributed by atoms with Gasteiger partial charge in [-0.1, -0.05) is 51.7 Å². The van der Waals surface area contributed by atoms with Crippen molar-refractivity contribution in [3.05, 3.63) is 12.2 Å². The lowest BCUT2D eigenvalue weighted by Crippen LogP contribution is -2.26. The van der Waals surface area contributed by atoms with E-state index in [4.69, 9.17) is 0 Å². The van der Waals surface area contributed by atoms with Gasteiger partial charge >= 0.3 is 0 Å². The van der Waals surface area contributed by atoms with E-state index in [9.17, 15) is 0 Å². The molecule has 0 bridgehead atoms. The molecule has 0 atom stereocenters. The number of unbranched alkanes of at least 4 members (excludes halogenated alkanes) is 4. The molecule has 0 heterocycles. The first-order valence-corrected chi connectivity index (χ1v) is 6.68. The standard InChI is InChI=1S/C14H29N.ClH/c1-4-7-10-13-15(12-9-6-3)14-11-8-5-2;/h6,9H,4-5,7-8,10-14H2,1-3H3;1H. The highest BCUT2D eigenvalue weighted by atomic mass is 35.5. The monoisotopic (exact) mass is 247 g/mol. The number of allylic oxidation sites excluding steroid dienone is 1. The third kappa shape index (κ3) is 12.1. The lowest BCUT2D eigenvalue weighted by atomic mass is 10.2. The maximum absolute atomic E-state index is 2.59. The molecule has 0 radical (unpaired) electrons. The van der Waals surface area contributed by atoms with E-state index < -0.39 is 0 Å². The zero-order chi connectivity index (χ0) is 11.4. The molecule has 0 aliphatic rings. The Morgan fingerprint density at radius 1 is 0.875 bits per heavy atom. The van der Waals surface area contributed by atoms with Crippen molar-refractivity contribution in [2.24, 2.45) is 0 Å². The van der Waals surface area contributed by atoms with Gasteiger partial charge in [0, 0.05) is 6.54 Å². The molecule has 2 heteroatoms. The quantitative estimate of drug-likeness (QED) is 0.401. The Balaban J connectivity index is 0. The fraction of sp³-hybridized carbons (Fsp3) is 0.857. The van der Waals surface area contributed by atoms with Gasteiger partial charge < -0.3 is 0 Å². The molecule has 0 aromatic carbocycles. The molecule has 0 saturated heterocycles. The second kappa shape index (κ2) is 15.0. The van der Waals surface area contributed by atoms with Gasteiger partial charge in [-0.15, -0.1) is 12.4 Å². The Labute approximate surface area is 109 Å². The molecule has 0 aromatic rings. The number of hydrogen-bond acceptors (Lipinski definition) is 1. The van der Waals surface area contributed by atoms with E-state index in [0.717, 1.165) is 6.54 Å². The second-order valence-electron chi connectivity index (χ2n) is 4.28. The summed E-state index contributed by atoms with van der Waals surface area (Å²) in [6.45, 7) is 10.4. The van der Waals surface area contributed by atoms with Crippen LogP contribution in [0.4, 0.5) is 0 Å². The summed E-state index contributed by atoms with van der Waals surface area (Å²) in [6, 6.07) is 0. The highest BCUT2D eigenvalue weighted by Crippen LogP contribution is 2.02. The van der Waals surface area contributed by atoms with Gasteiger partial charge in [-0.25, -0.2) is 0 Å². The molecule has 16 heavy (non-hydrogen) atoms. The van der Waals surface area contributed by atoms with Crippen molar-refractivity contribution < 1.29 is 0 Å². The third-order valence-corrected chi connectivity index (χ3v) is 2.76. The van der Waals surface area contributed by atoms with Gasteiger partial charge in [0.05, 0.1) is 0 Å². The molecular weight excluding hydrogens is 218 g/mol. The number of halogens is 1. The smallest absolute Gasteiger partial charge is 0.0163 e. The Kier molecular flexibility index (Phi) is 17.2. The predicted molar refractivity (Wildman–Crippen MR) is 77.6 cm³/mol.